The molecule has 0 aromatic heterocycles. The zero-order valence-electron chi connectivity index (χ0n) is 18.9. The van der Waals surface area contributed by atoms with Gasteiger partial charge in [0.15, 0.2) is 0 Å². The molecule has 6 aliphatic rings. The van der Waals surface area contributed by atoms with Crippen molar-refractivity contribution in [1.29, 1.82) is 0 Å². The summed E-state index contributed by atoms with van der Waals surface area (Å²) in [7, 11) is 4.62. The van der Waals surface area contributed by atoms with Crippen LogP contribution in [-0.2, 0) is 5.41 Å². The van der Waals surface area contributed by atoms with E-state index in [0.717, 1.165) is 0 Å². The molecule has 6 atom stereocenters. The van der Waals surface area contributed by atoms with Crippen LogP contribution in [0.25, 0.3) is 0 Å². The molecule has 0 saturated heterocycles. The fourth-order valence-corrected chi connectivity index (χ4v) is 9.80. The Morgan fingerprint density at radius 2 is 0.969 bits per heavy atom. The molecule has 32 heavy (non-hydrogen) atoms. The molecule has 4 nitrogen and oxygen atoms in total. The number of rotatable bonds is 0. The summed E-state index contributed by atoms with van der Waals surface area (Å²) in [6.07, 6.45) is 0.780. The van der Waals surface area contributed by atoms with E-state index in [4.69, 9.17) is 0 Å². The summed E-state index contributed by atoms with van der Waals surface area (Å²) in [6, 6.07) is 25.0. The number of benzene rings is 3. The quantitative estimate of drug-likeness (QED) is 0.482. The van der Waals surface area contributed by atoms with Crippen molar-refractivity contribution in [3.8, 4) is 0 Å². The largest absolute Gasteiger partial charge is 0.352 e. The molecule has 2 saturated carbocycles. The molecule has 9 rings (SSSR count). The number of hydrogen-bond donors (Lipinski definition) is 0. The van der Waals surface area contributed by atoms with Crippen LogP contribution in [0, 0.1) is 16.7 Å². The van der Waals surface area contributed by atoms with E-state index in [1.807, 2.05) is 0 Å². The Labute approximate surface area is 188 Å². The van der Waals surface area contributed by atoms with Crippen LogP contribution in [0.2, 0.25) is 0 Å². The third-order valence-corrected chi connectivity index (χ3v) is 10.4. The molecule has 0 bridgehead atoms. The van der Waals surface area contributed by atoms with Crippen LogP contribution >= 0.6 is 0 Å². The van der Waals surface area contributed by atoms with Crippen molar-refractivity contribution < 1.29 is 0 Å². The zero-order valence-corrected chi connectivity index (χ0v) is 18.9. The molecule has 1 spiro atoms. The summed E-state index contributed by atoms with van der Waals surface area (Å²) in [6.45, 7) is 5.16. The lowest BCUT2D eigenvalue weighted by atomic mass is 9.63. The van der Waals surface area contributed by atoms with Crippen LogP contribution < -0.4 is 19.6 Å². The van der Waals surface area contributed by atoms with Crippen molar-refractivity contribution in [2.75, 3.05) is 33.7 Å². The highest BCUT2D eigenvalue weighted by atomic mass is 15.5. The Balaban J connectivity index is 1.39. The number of para-hydroxylation sites is 4. The Bertz CT molecular complexity index is 1310. The number of hydrogen-bond acceptors (Lipinski definition) is 4. The maximum atomic E-state index is 2.66. The van der Waals surface area contributed by atoms with Gasteiger partial charge in [-0.2, -0.15) is 0 Å². The predicted octanol–water partition coefficient (Wildman–Crippen LogP) is 5.44. The minimum atomic E-state index is 0.264. The first-order valence-electron chi connectivity index (χ1n) is 11.9. The fourth-order valence-electron chi connectivity index (χ4n) is 9.80. The molecule has 2 fully saturated rings. The summed E-state index contributed by atoms with van der Waals surface area (Å²) in [5, 5.41) is 0. The minimum Gasteiger partial charge on any atom is -0.352 e. The molecule has 0 N–H and O–H groups in total. The van der Waals surface area contributed by atoms with Crippen LogP contribution in [-0.4, -0.2) is 26.4 Å². The van der Waals surface area contributed by atoms with Gasteiger partial charge in [-0.25, -0.2) is 0 Å². The standard InChI is InChI=1S/C28H26N4/c1-26-23-27(2)25-30(4)17-11-6-8-13-19(17)32(25)21-15-9-14-20(22(21)28(23,26)27)31-18-12-7-5-10-16(18)29(3)24(26)31/h5-15,23-25H,1-4H3/t23?,24-,25?,26-,27+,28?/m0/s1. The molecule has 4 heteroatoms. The highest BCUT2D eigenvalue weighted by molar-refractivity contribution is 5.98. The van der Waals surface area contributed by atoms with E-state index in [2.05, 4.69) is 114 Å². The van der Waals surface area contributed by atoms with E-state index in [9.17, 15) is 0 Å². The molecule has 0 amide bonds. The monoisotopic (exact) mass is 418 g/mol. The summed E-state index contributed by atoms with van der Waals surface area (Å²) in [5.41, 5.74) is 10.7. The lowest BCUT2D eigenvalue weighted by molar-refractivity contribution is 0.132. The van der Waals surface area contributed by atoms with Crippen LogP contribution in [0.3, 0.4) is 0 Å². The predicted molar refractivity (Wildman–Crippen MR) is 129 cm³/mol. The SMILES string of the molecule is CN1c2ccccc2N2c3cccc4c3C35C([C@]3(C)C12)[C@@]5(C)[C@H]1N(C)c2ccccc2N41. The highest BCUT2D eigenvalue weighted by Crippen LogP contribution is 3.03. The average Bonchev–Trinajstić information content (AvgIpc) is 3.51. The molecule has 2 aliphatic carbocycles. The molecule has 3 aromatic rings. The first-order valence-corrected chi connectivity index (χ1v) is 11.9. The van der Waals surface area contributed by atoms with Gasteiger partial charge in [-0.15, -0.1) is 0 Å². The fraction of sp³-hybridized carbons (Fsp3) is 0.357. The first-order chi connectivity index (χ1) is 15.5. The lowest BCUT2D eigenvalue weighted by Crippen LogP contribution is -2.63. The van der Waals surface area contributed by atoms with Crippen LogP contribution in [0.4, 0.5) is 34.1 Å². The van der Waals surface area contributed by atoms with Gasteiger partial charge in [0.1, 0.15) is 12.3 Å². The minimum absolute atomic E-state index is 0.264. The van der Waals surface area contributed by atoms with Gasteiger partial charge in [0.2, 0.25) is 0 Å². The smallest absolute Gasteiger partial charge is 0.113 e. The summed E-state index contributed by atoms with van der Waals surface area (Å²) in [5.74, 6) is 0.695. The Kier molecular flexibility index (Phi) is 2.25. The maximum absolute atomic E-state index is 2.66. The van der Waals surface area contributed by atoms with E-state index in [0.29, 0.717) is 18.2 Å². The number of nitrogens with zero attached hydrogens (tertiary/aromatic N) is 4. The van der Waals surface area contributed by atoms with E-state index in [1.165, 1.54) is 34.1 Å². The van der Waals surface area contributed by atoms with Gasteiger partial charge in [-0.05, 0) is 42.3 Å². The van der Waals surface area contributed by atoms with Crippen LogP contribution in [0.1, 0.15) is 19.4 Å². The number of fused-ring (bicyclic) bond motifs is 12. The van der Waals surface area contributed by atoms with Gasteiger partial charge in [-0.1, -0.05) is 44.2 Å². The van der Waals surface area contributed by atoms with E-state index in [-0.39, 0.29) is 16.2 Å². The lowest BCUT2D eigenvalue weighted by Gasteiger charge is -2.57. The Morgan fingerprint density at radius 1 is 0.562 bits per heavy atom. The van der Waals surface area contributed by atoms with Gasteiger partial charge in [0.25, 0.3) is 0 Å². The second-order valence-corrected chi connectivity index (χ2v) is 11.2. The average molecular weight is 419 g/mol. The van der Waals surface area contributed by atoms with Gasteiger partial charge >= 0.3 is 0 Å². The molecule has 158 valence electrons. The Morgan fingerprint density at radius 3 is 1.44 bits per heavy atom. The topological polar surface area (TPSA) is 13.0 Å². The van der Waals surface area contributed by atoms with Gasteiger partial charge in [-0.3, -0.25) is 0 Å². The zero-order chi connectivity index (χ0) is 21.4. The third kappa shape index (κ3) is 1.19. The molecule has 3 unspecified atom stereocenters. The van der Waals surface area contributed by atoms with Crippen molar-refractivity contribution in [2.24, 2.45) is 16.7 Å². The second-order valence-electron chi connectivity index (χ2n) is 11.2. The molecule has 4 heterocycles. The van der Waals surface area contributed by atoms with Gasteiger partial charge in [0, 0.05) is 47.3 Å². The van der Waals surface area contributed by atoms with Crippen molar-refractivity contribution in [3.63, 3.8) is 0 Å². The second kappa shape index (κ2) is 4.36. The van der Waals surface area contributed by atoms with Crippen LogP contribution in [0.15, 0.2) is 66.7 Å². The van der Waals surface area contributed by atoms with Crippen molar-refractivity contribution in [3.05, 3.63) is 72.3 Å². The summed E-state index contributed by atoms with van der Waals surface area (Å²) >= 11 is 0. The molecule has 0 radical (unpaired) electrons. The maximum Gasteiger partial charge on any atom is 0.113 e. The summed E-state index contributed by atoms with van der Waals surface area (Å²) in [4.78, 5) is 10.5. The molecular weight excluding hydrogens is 392 g/mol. The van der Waals surface area contributed by atoms with Crippen molar-refractivity contribution in [2.45, 2.75) is 31.6 Å². The van der Waals surface area contributed by atoms with Gasteiger partial charge < -0.3 is 19.6 Å². The highest BCUT2D eigenvalue weighted by Gasteiger charge is 3.06. The number of anilines is 6. The van der Waals surface area contributed by atoms with Gasteiger partial charge in [0.05, 0.1) is 22.7 Å². The van der Waals surface area contributed by atoms with E-state index >= 15 is 0 Å². The molecule has 3 aromatic carbocycles. The third-order valence-electron chi connectivity index (χ3n) is 10.4. The first kappa shape index (κ1) is 16.5. The van der Waals surface area contributed by atoms with Crippen LogP contribution in [0.5, 0.6) is 0 Å². The normalized spacial score (nSPS) is 39.7. The summed E-state index contributed by atoms with van der Waals surface area (Å²) < 4.78 is 0. The Hall–Kier alpha value is -3.14. The molecule has 4 aliphatic heterocycles. The van der Waals surface area contributed by atoms with E-state index in [1.54, 1.807) is 5.56 Å². The molecular formula is C28H26N4. The van der Waals surface area contributed by atoms with Crippen molar-refractivity contribution >= 4 is 34.1 Å². The van der Waals surface area contributed by atoms with Crippen molar-refractivity contribution in [1.82, 2.24) is 0 Å². The van der Waals surface area contributed by atoms with E-state index < -0.39 is 0 Å².